The number of hydrogen-bond acceptors (Lipinski definition) is 1. The highest BCUT2D eigenvalue weighted by atomic mass is 35.5. The molecule has 1 aliphatic heterocycles. The van der Waals surface area contributed by atoms with Gasteiger partial charge in [-0.2, -0.15) is 0 Å². The molecule has 0 unspecified atom stereocenters. The summed E-state index contributed by atoms with van der Waals surface area (Å²) in [5.74, 6) is -0.190. The van der Waals surface area contributed by atoms with Crippen LogP contribution in [0.1, 0.15) is 23.7 Å². The van der Waals surface area contributed by atoms with Gasteiger partial charge in [0.2, 0.25) is 0 Å². The Bertz CT molecular complexity index is 987. The molecule has 4 rings (SSSR count). The maximum absolute atomic E-state index is 14.2. The van der Waals surface area contributed by atoms with E-state index in [1.807, 2.05) is 31.2 Å². The largest absolute Gasteiger partial charge is 0.320 e. The minimum Gasteiger partial charge on any atom is -0.320 e. The second-order valence-corrected chi connectivity index (χ2v) is 7.17. The van der Waals surface area contributed by atoms with Gasteiger partial charge in [-0.05, 0) is 49.4 Å². The van der Waals surface area contributed by atoms with Crippen LogP contribution in [0.4, 0.5) is 4.39 Å². The van der Waals surface area contributed by atoms with E-state index in [0.29, 0.717) is 5.56 Å². The van der Waals surface area contributed by atoms with E-state index in [1.54, 1.807) is 6.07 Å². The highest BCUT2D eigenvalue weighted by Gasteiger charge is 2.22. The molecule has 128 valence electrons. The number of fused-ring (bicyclic) bond motifs is 3. The Morgan fingerprint density at radius 2 is 2.00 bits per heavy atom. The molecular weight excluding hydrogens is 335 g/mol. The summed E-state index contributed by atoms with van der Waals surface area (Å²) in [7, 11) is 2.14. The third-order valence-corrected chi connectivity index (χ3v) is 5.20. The van der Waals surface area contributed by atoms with E-state index >= 15 is 0 Å². The summed E-state index contributed by atoms with van der Waals surface area (Å²) < 4.78 is 16.4. The monoisotopic (exact) mass is 354 g/mol. The standard InChI is InChI=1S/C21H20ClFN2/c1-14(16-5-3-4-6-19(16)23)12-25-20-8-7-15(22)11-17(20)18-13-24(2)10-9-21(18)25/h3-8,11-12H,9-10,13H2,1-2H3/b14-12-. The third-order valence-electron chi connectivity index (χ3n) is 4.96. The van der Waals surface area contributed by atoms with E-state index in [9.17, 15) is 4.39 Å². The summed E-state index contributed by atoms with van der Waals surface area (Å²) in [5, 5.41) is 1.93. The zero-order chi connectivity index (χ0) is 17.6. The molecule has 0 bridgehead atoms. The number of allylic oxidation sites excluding steroid dienone is 1. The minimum absolute atomic E-state index is 0.190. The molecule has 0 atom stereocenters. The minimum atomic E-state index is -0.190. The number of aromatic nitrogens is 1. The zero-order valence-corrected chi connectivity index (χ0v) is 15.1. The molecule has 0 amide bonds. The second-order valence-electron chi connectivity index (χ2n) is 6.74. The zero-order valence-electron chi connectivity index (χ0n) is 14.4. The van der Waals surface area contributed by atoms with Crippen molar-refractivity contribution in [1.82, 2.24) is 9.47 Å². The Hall–Kier alpha value is -2.10. The van der Waals surface area contributed by atoms with Gasteiger partial charge in [0, 0.05) is 47.4 Å². The molecule has 0 N–H and O–H groups in total. The summed E-state index contributed by atoms with van der Waals surface area (Å²) >= 11 is 6.24. The van der Waals surface area contributed by atoms with Gasteiger partial charge in [0.15, 0.2) is 0 Å². The van der Waals surface area contributed by atoms with Gasteiger partial charge in [-0.15, -0.1) is 0 Å². The molecule has 0 saturated heterocycles. The molecule has 2 heterocycles. The van der Waals surface area contributed by atoms with Crippen molar-refractivity contribution in [3.05, 3.63) is 70.1 Å². The molecule has 0 fully saturated rings. The lowest BCUT2D eigenvalue weighted by Gasteiger charge is -2.23. The van der Waals surface area contributed by atoms with Gasteiger partial charge in [0.25, 0.3) is 0 Å². The van der Waals surface area contributed by atoms with Crippen molar-refractivity contribution < 1.29 is 4.39 Å². The molecule has 1 aliphatic rings. The molecule has 1 aromatic heterocycles. The van der Waals surface area contributed by atoms with E-state index in [4.69, 9.17) is 11.6 Å². The molecule has 0 radical (unpaired) electrons. The molecule has 0 saturated carbocycles. The SMILES string of the molecule is C/C(=C/n1c2c(c3cc(Cl)ccc31)CN(C)CC2)c1ccccc1F. The highest BCUT2D eigenvalue weighted by molar-refractivity contribution is 6.31. The van der Waals surface area contributed by atoms with Crippen LogP contribution < -0.4 is 0 Å². The third kappa shape index (κ3) is 2.88. The Balaban J connectivity index is 1.93. The Morgan fingerprint density at radius 3 is 2.80 bits per heavy atom. The first-order chi connectivity index (χ1) is 12.0. The quantitative estimate of drug-likeness (QED) is 0.595. The summed E-state index contributed by atoms with van der Waals surface area (Å²) in [6.45, 7) is 3.89. The van der Waals surface area contributed by atoms with Crippen LogP contribution in [0.3, 0.4) is 0 Å². The highest BCUT2D eigenvalue weighted by Crippen LogP contribution is 2.33. The van der Waals surface area contributed by atoms with Crippen molar-refractivity contribution in [2.75, 3.05) is 13.6 Å². The predicted molar refractivity (Wildman–Crippen MR) is 103 cm³/mol. The fraction of sp³-hybridized carbons (Fsp3) is 0.238. The molecule has 0 aliphatic carbocycles. The molecular formula is C21H20ClFN2. The van der Waals surface area contributed by atoms with E-state index in [2.05, 4.69) is 28.8 Å². The van der Waals surface area contributed by atoms with Crippen LogP contribution >= 0.6 is 11.6 Å². The van der Waals surface area contributed by atoms with Crippen LogP contribution in [0.25, 0.3) is 22.7 Å². The Labute approximate surface area is 152 Å². The van der Waals surface area contributed by atoms with E-state index in [0.717, 1.165) is 35.6 Å². The van der Waals surface area contributed by atoms with Crippen molar-refractivity contribution >= 4 is 34.3 Å². The normalized spacial score (nSPS) is 15.6. The van der Waals surface area contributed by atoms with Gasteiger partial charge >= 0.3 is 0 Å². The van der Waals surface area contributed by atoms with Gasteiger partial charge in [-0.1, -0.05) is 29.8 Å². The summed E-state index contributed by atoms with van der Waals surface area (Å²) in [6.07, 6.45) is 3.03. The number of nitrogens with zero attached hydrogens (tertiary/aromatic N) is 2. The lowest BCUT2D eigenvalue weighted by Crippen LogP contribution is -2.26. The number of benzene rings is 2. The number of halogens is 2. The van der Waals surface area contributed by atoms with Gasteiger partial charge < -0.3 is 9.47 Å². The lowest BCUT2D eigenvalue weighted by molar-refractivity contribution is 0.312. The van der Waals surface area contributed by atoms with Crippen molar-refractivity contribution in [2.24, 2.45) is 0 Å². The summed E-state index contributed by atoms with van der Waals surface area (Å²) in [4.78, 5) is 2.32. The van der Waals surface area contributed by atoms with E-state index in [-0.39, 0.29) is 5.82 Å². The van der Waals surface area contributed by atoms with Crippen LogP contribution in [0.15, 0.2) is 42.5 Å². The van der Waals surface area contributed by atoms with Crippen molar-refractivity contribution in [3.63, 3.8) is 0 Å². The van der Waals surface area contributed by atoms with Crippen LogP contribution in [-0.2, 0) is 13.0 Å². The van der Waals surface area contributed by atoms with E-state index < -0.39 is 0 Å². The lowest BCUT2D eigenvalue weighted by atomic mass is 10.0. The molecule has 0 spiro atoms. The molecule has 2 nitrogen and oxygen atoms in total. The second kappa shape index (κ2) is 6.32. The van der Waals surface area contributed by atoms with Gasteiger partial charge in [0.05, 0.1) is 5.52 Å². The smallest absolute Gasteiger partial charge is 0.130 e. The Morgan fingerprint density at radius 1 is 1.20 bits per heavy atom. The maximum Gasteiger partial charge on any atom is 0.130 e. The molecule has 25 heavy (non-hydrogen) atoms. The van der Waals surface area contributed by atoms with Crippen molar-refractivity contribution in [2.45, 2.75) is 19.9 Å². The first-order valence-electron chi connectivity index (χ1n) is 8.47. The van der Waals surface area contributed by atoms with E-state index in [1.165, 1.54) is 22.7 Å². The first-order valence-corrected chi connectivity index (χ1v) is 8.85. The summed E-state index contributed by atoms with van der Waals surface area (Å²) in [5.41, 5.74) is 5.29. The molecule has 3 aromatic rings. The number of likely N-dealkylation sites (N-methyl/N-ethyl adjacent to an activating group) is 1. The predicted octanol–water partition coefficient (Wildman–Crippen LogP) is 5.44. The maximum atomic E-state index is 14.2. The average Bonchev–Trinajstić information content (AvgIpc) is 2.88. The summed E-state index contributed by atoms with van der Waals surface area (Å²) in [6, 6.07) is 12.9. The fourth-order valence-electron chi connectivity index (χ4n) is 3.69. The van der Waals surface area contributed by atoms with Gasteiger partial charge in [-0.25, -0.2) is 4.39 Å². The van der Waals surface area contributed by atoms with Crippen LogP contribution in [-0.4, -0.2) is 23.1 Å². The molecule has 2 aromatic carbocycles. The average molecular weight is 355 g/mol. The fourth-order valence-corrected chi connectivity index (χ4v) is 3.86. The van der Waals surface area contributed by atoms with Crippen LogP contribution in [0.5, 0.6) is 0 Å². The van der Waals surface area contributed by atoms with Crippen molar-refractivity contribution in [1.29, 1.82) is 0 Å². The number of rotatable bonds is 2. The number of hydrogen-bond donors (Lipinski definition) is 0. The first kappa shape index (κ1) is 16.4. The van der Waals surface area contributed by atoms with Crippen LogP contribution in [0.2, 0.25) is 5.02 Å². The van der Waals surface area contributed by atoms with Gasteiger partial charge in [0.1, 0.15) is 5.82 Å². The van der Waals surface area contributed by atoms with Crippen molar-refractivity contribution in [3.8, 4) is 0 Å². The molecule has 4 heteroatoms. The Kier molecular flexibility index (Phi) is 4.14. The van der Waals surface area contributed by atoms with Gasteiger partial charge in [-0.3, -0.25) is 0 Å². The van der Waals surface area contributed by atoms with Crippen LogP contribution in [0, 0.1) is 5.82 Å². The topological polar surface area (TPSA) is 8.17 Å².